The molecule has 2 nitrogen and oxygen atoms in total. The zero-order chi connectivity index (χ0) is 3.58. The first-order chi connectivity index (χ1) is 1.73. The van der Waals surface area contributed by atoms with E-state index in [4.69, 9.17) is 5.11 Å². The normalized spacial score (nSPS) is 4.00. The van der Waals surface area contributed by atoms with Crippen LogP contribution in [0.3, 0.4) is 0 Å². The van der Waals surface area contributed by atoms with Gasteiger partial charge in [-0.25, -0.2) is 0 Å². The van der Waals surface area contributed by atoms with E-state index in [1.54, 1.807) is 0 Å². The summed E-state index contributed by atoms with van der Waals surface area (Å²) < 4.78 is 0. The molecular formula is C2H8NNaOS. The Morgan fingerprint density at radius 3 is 1.67 bits per heavy atom. The van der Waals surface area contributed by atoms with Gasteiger partial charge < -0.3 is 10.8 Å². The first-order valence-electron chi connectivity index (χ1n) is 0.716. The van der Waals surface area contributed by atoms with E-state index < -0.39 is 5.17 Å². The van der Waals surface area contributed by atoms with Crippen LogP contribution in [0.25, 0.3) is 0 Å². The molecular weight excluding hydrogens is 109 g/mol. The van der Waals surface area contributed by atoms with Crippen LogP contribution < -0.4 is 5.73 Å². The third-order valence-electron chi connectivity index (χ3n) is 0. The zero-order valence-corrected chi connectivity index (χ0v) is 2.75. The molecule has 0 fully saturated rings. The second-order valence-corrected chi connectivity index (χ2v) is 0.757. The van der Waals surface area contributed by atoms with E-state index in [-0.39, 0.29) is 37.0 Å². The summed E-state index contributed by atoms with van der Waals surface area (Å²) in [7, 11) is 0. The van der Waals surface area contributed by atoms with Crippen molar-refractivity contribution in [1.82, 2.24) is 0 Å². The number of hydrogen-bond acceptors (Lipinski definition) is 1. The number of hydrogen-bond donors (Lipinski definition) is 2. The fourth-order valence-corrected chi connectivity index (χ4v) is 0. The Bertz CT molecular complexity index is 36.5. The van der Waals surface area contributed by atoms with Crippen molar-refractivity contribution >= 4 is 46.9 Å². The Hall–Kier alpha value is 0.690. The summed E-state index contributed by atoms with van der Waals surface area (Å²) in [6.45, 7) is 0. The third-order valence-corrected chi connectivity index (χ3v) is 0. The zero-order valence-electron chi connectivity index (χ0n) is 1.93. The van der Waals surface area contributed by atoms with Crippen molar-refractivity contribution in [3.8, 4) is 0 Å². The predicted octanol–water partition coefficient (Wildman–Crippen LogP) is -0.224. The van der Waals surface area contributed by atoms with E-state index in [0.29, 0.717) is 0 Å². The molecule has 0 bridgehead atoms. The fraction of sp³-hybridized carbons (Fsp3) is 0.500. The molecule has 0 spiro atoms. The van der Waals surface area contributed by atoms with Crippen LogP contribution in [0.4, 0.5) is 0 Å². The van der Waals surface area contributed by atoms with Gasteiger partial charge in [0.1, 0.15) is 0 Å². The van der Waals surface area contributed by atoms with E-state index in [1.165, 1.54) is 0 Å². The number of aliphatic hydroxyl groups is 1. The average molecular weight is 117 g/mol. The molecule has 6 heavy (non-hydrogen) atoms. The molecule has 0 unspecified atom stereocenters. The summed E-state index contributed by atoms with van der Waals surface area (Å²) in [6, 6.07) is 0. The van der Waals surface area contributed by atoms with Gasteiger partial charge >= 0.3 is 29.6 Å². The van der Waals surface area contributed by atoms with E-state index in [1.807, 2.05) is 0 Å². The second-order valence-electron chi connectivity index (χ2n) is 0.338. The Morgan fingerprint density at radius 2 is 1.67 bits per heavy atom. The van der Waals surface area contributed by atoms with Gasteiger partial charge in [0.15, 0.2) is 0 Å². The number of rotatable bonds is 0. The van der Waals surface area contributed by atoms with Gasteiger partial charge in [0.2, 0.25) is 0 Å². The topological polar surface area (TPSA) is 46.2 Å². The molecule has 0 rings (SSSR count). The molecule has 0 aliphatic rings. The van der Waals surface area contributed by atoms with E-state index >= 15 is 0 Å². The molecule has 0 atom stereocenters. The SMILES string of the molecule is C.NC(O)=S.[NaH]. The Kier molecular flexibility index (Phi) is 24.4. The minimum atomic E-state index is -0.500. The standard InChI is InChI=1S/CH3NOS.CH4.Na.H/c2-1(3)4;;;/h(H3,2,3,4);1H4;;. The van der Waals surface area contributed by atoms with E-state index in [2.05, 4.69) is 18.0 Å². The number of nitrogens with two attached hydrogens (primary N) is 1. The van der Waals surface area contributed by atoms with Gasteiger partial charge in [0.25, 0.3) is 5.17 Å². The van der Waals surface area contributed by atoms with Gasteiger partial charge in [-0.1, -0.05) is 7.43 Å². The molecule has 3 N–H and O–H groups in total. The first kappa shape index (κ1) is 15.9. The van der Waals surface area contributed by atoms with Crippen LogP contribution in [-0.4, -0.2) is 39.8 Å². The maximum absolute atomic E-state index is 7.56. The van der Waals surface area contributed by atoms with Gasteiger partial charge in [-0.3, -0.25) is 0 Å². The summed E-state index contributed by atoms with van der Waals surface area (Å²) >= 11 is 3.87. The van der Waals surface area contributed by atoms with Crippen LogP contribution in [0.1, 0.15) is 7.43 Å². The summed E-state index contributed by atoms with van der Waals surface area (Å²) in [4.78, 5) is 0. The molecule has 0 aliphatic carbocycles. The molecule has 0 amide bonds. The van der Waals surface area contributed by atoms with Gasteiger partial charge in [-0.05, 0) is 12.2 Å². The summed E-state index contributed by atoms with van der Waals surface area (Å²) in [5, 5.41) is 7.06. The van der Waals surface area contributed by atoms with Gasteiger partial charge in [0, 0.05) is 0 Å². The molecule has 4 heteroatoms. The minimum absolute atomic E-state index is 0. The van der Waals surface area contributed by atoms with Crippen LogP contribution in [0.2, 0.25) is 0 Å². The number of aliphatic hydroxyl groups excluding tert-OH is 1. The van der Waals surface area contributed by atoms with Crippen molar-refractivity contribution in [3.05, 3.63) is 0 Å². The Morgan fingerprint density at radius 1 is 1.67 bits per heavy atom. The molecule has 0 aromatic rings. The van der Waals surface area contributed by atoms with Crippen LogP contribution in [0.15, 0.2) is 0 Å². The van der Waals surface area contributed by atoms with Crippen molar-refractivity contribution < 1.29 is 5.11 Å². The molecule has 0 saturated heterocycles. The van der Waals surface area contributed by atoms with Crippen molar-refractivity contribution in [2.45, 2.75) is 7.43 Å². The van der Waals surface area contributed by atoms with Crippen molar-refractivity contribution in [2.75, 3.05) is 0 Å². The van der Waals surface area contributed by atoms with Crippen molar-refractivity contribution in [3.63, 3.8) is 0 Å². The van der Waals surface area contributed by atoms with Crippen molar-refractivity contribution in [1.29, 1.82) is 0 Å². The quantitative estimate of drug-likeness (QED) is 0.340. The number of thiocarbonyl (C=S) groups is 1. The van der Waals surface area contributed by atoms with Crippen LogP contribution in [0, 0.1) is 0 Å². The molecule has 0 saturated carbocycles. The molecule has 0 aliphatic heterocycles. The molecule has 0 aromatic heterocycles. The van der Waals surface area contributed by atoms with Crippen molar-refractivity contribution in [2.24, 2.45) is 5.73 Å². The monoisotopic (exact) mass is 117 g/mol. The van der Waals surface area contributed by atoms with Gasteiger partial charge in [-0.15, -0.1) is 0 Å². The molecule has 0 radical (unpaired) electrons. The Balaban J connectivity index is -0.0000000450. The van der Waals surface area contributed by atoms with Gasteiger partial charge in [-0.2, -0.15) is 0 Å². The first-order valence-corrected chi connectivity index (χ1v) is 1.12. The average Bonchev–Trinajstić information content (AvgIpc) is 0.811. The van der Waals surface area contributed by atoms with E-state index in [9.17, 15) is 0 Å². The summed E-state index contributed by atoms with van der Waals surface area (Å²) in [5.41, 5.74) is 4.40. The summed E-state index contributed by atoms with van der Waals surface area (Å²) in [5.74, 6) is 0. The van der Waals surface area contributed by atoms with Crippen LogP contribution >= 0.6 is 12.2 Å². The molecule has 0 heterocycles. The molecule has 0 aromatic carbocycles. The molecule has 34 valence electrons. The summed E-state index contributed by atoms with van der Waals surface area (Å²) in [6.07, 6.45) is 0. The van der Waals surface area contributed by atoms with Crippen LogP contribution in [0.5, 0.6) is 0 Å². The fourth-order valence-electron chi connectivity index (χ4n) is 0. The third kappa shape index (κ3) is 134. The van der Waals surface area contributed by atoms with Gasteiger partial charge in [0.05, 0.1) is 0 Å². The Labute approximate surface area is 65.0 Å². The van der Waals surface area contributed by atoms with Crippen LogP contribution in [-0.2, 0) is 0 Å². The maximum atomic E-state index is 7.56. The second kappa shape index (κ2) is 9.19. The predicted molar refractivity (Wildman–Crippen MR) is 33.3 cm³/mol. The van der Waals surface area contributed by atoms with E-state index in [0.717, 1.165) is 0 Å².